The Kier molecular flexibility index (Phi) is 3.20. The third-order valence-electron chi connectivity index (χ3n) is 3.89. The first kappa shape index (κ1) is 12.1. The van der Waals surface area contributed by atoms with E-state index in [2.05, 4.69) is 0 Å². The Morgan fingerprint density at radius 2 is 2.24 bits per heavy atom. The maximum atomic E-state index is 12.4. The van der Waals surface area contributed by atoms with E-state index in [1.807, 2.05) is 19.1 Å². The Morgan fingerprint density at radius 3 is 2.82 bits per heavy atom. The highest BCUT2D eigenvalue weighted by molar-refractivity contribution is 6.03. The molecule has 0 spiro atoms. The first-order valence-corrected chi connectivity index (χ1v) is 5.99. The van der Waals surface area contributed by atoms with Gasteiger partial charge < -0.3 is 9.84 Å². The van der Waals surface area contributed by atoms with E-state index in [9.17, 15) is 9.90 Å². The molecule has 0 heterocycles. The van der Waals surface area contributed by atoms with Crippen LogP contribution in [-0.4, -0.2) is 24.6 Å². The molecular weight excluding hydrogens is 216 g/mol. The number of carbonyl (C=O) groups is 1. The number of methoxy groups -OCH3 is 1. The summed E-state index contributed by atoms with van der Waals surface area (Å²) in [6, 6.07) is 5.54. The van der Waals surface area contributed by atoms with Crippen LogP contribution in [0.5, 0.6) is 5.75 Å². The quantitative estimate of drug-likeness (QED) is 0.872. The first-order chi connectivity index (χ1) is 8.16. The van der Waals surface area contributed by atoms with E-state index in [1.54, 1.807) is 13.2 Å². The largest absolute Gasteiger partial charge is 0.497 e. The number of aliphatic hydroxyl groups excluding tert-OH is 1. The lowest BCUT2D eigenvalue weighted by Gasteiger charge is -2.34. The second-order valence-electron chi connectivity index (χ2n) is 4.64. The van der Waals surface area contributed by atoms with Gasteiger partial charge in [0.05, 0.1) is 19.1 Å². The number of rotatable bonds is 3. The van der Waals surface area contributed by atoms with Gasteiger partial charge in [-0.1, -0.05) is 6.92 Å². The summed E-state index contributed by atoms with van der Waals surface area (Å²) < 4.78 is 5.16. The van der Waals surface area contributed by atoms with Gasteiger partial charge in [-0.15, -0.1) is 0 Å². The predicted octanol–water partition coefficient (Wildman–Crippen LogP) is 2.21. The number of Topliss-reactive ketones (excluding diaryl/α,β-unsaturated/α-hetero) is 1. The fourth-order valence-electron chi connectivity index (χ4n) is 2.50. The minimum atomic E-state index is -0.568. The van der Waals surface area contributed by atoms with E-state index >= 15 is 0 Å². The molecule has 3 heteroatoms. The highest BCUT2D eigenvalue weighted by Gasteiger charge is 2.40. The lowest BCUT2D eigenvalue weighted by molar-refractivity contribution is 0.0575. The van der Waals surface area contributed by atoms with Crippen molar-refractivity contribution in [3.8, 4) is 5.75 Å². The molecule has 1 N–H and O–H groups in total. The molecule has 0 fully saturated rings. The van der Waals surface area contributed by atoms with Crippen molar-refractivity contribution < 1.29 is 14.6 Å². The summed E-state index contributed by atoms with van der Waals surface area (Å²) in [5.74, 6) is 0.857. The van der Waals surface area contributed by atoms with Gasteiger partial charge in [0.1, 0.15) is 5.75 Å². The van der Waals surface area contributed by atoms with Gasteiger partial charge in [0.15, 0.2) is 5.78 Å². The second-order valence-corrected chi connectivity index (χ2v) is 4.64. The average Bonchev–Trinajstić information content (AvgIpc) is 2.39. The minimum absolute atomic E-state index is 0.0617. The Labute approximate surface area is 101 Å². The molecule has 0 aliphatic heterocycles. The van der Waals surface area contributed by atoms with Gasteiger partial charge in [-0.25, -0.2) is 0 Å². The molecule has 2 rings (SSSR count). The molecule has 1 aliphatic rings. The van der Waals surface area contributed by atoms with Crippen molar-refractivity contribution in [3.63, 3.8) is 0 Å². The van der Waals surface area contributed by atoms with Crippen molar-refractivity contribution in [1.29, 1.82) is 0 Å². The van der Waals surface area contributed by atoms with Crippen molar-refractivity contribution in [3.05, 3.63) is 29.3 Å². The van der Waals surface area contributed by atoms with E-state index in [0.29, 0.717) is 6.42 Å². The standard InChI is InChI=1S/C14H18O3/c1-3-14(9-15)7-6-10-8-11(17-2)4-5-12(10)13(14)16/h4-5,8,15H,3,6-7,9H2,1-2H3. The number of carbonyl (C=O) groups excluding carboxylic acids is 1. The summed E-state index contributed by atoms with van der Waals surface area (Å²) in [4.78, 5) is 12.4. The minimum Gasteiger partial charge on any atom is -0.497 e. The maximum absolute atomic E-state index is 12.4. The molecule has 1 aromatic rings. The number of aliphatic hydroxyl groups is 1. The van der Waals surface area contributed by atoms with Crippen molar-refractivity contribution in [1.82, 2.24) is 0 Å². The molecule has 0 radical (unpaired) electrons. The van der Waals surface area contributed by atoms with Gasteiger partial charge >= 0.3 is 0 Å². The molecule has 3 nitrogen and oxygen atoms in total. The molecule has 17 heavy (non-hydrogen) atoms. The number of hydrogen-bond acceptors (Lipinski definition) is 3. The Balaban J connectivity index is 2.43. The average molecular weight is 234 g/mol. The summed E-state index contributed by atoms with van der Waals surface area (Å²) in [6.45, 7) is 1.90. The highest BCUT2D eigenvalue weighted by Crippen LogP contribution is 2.38. The fraction of sp³-hybridized carbons (Fsp3) is 0.500. The Bertz CT molecular complexity index is 433. The van der Waals surface area contributed by atoms with Crippen molar-refractivity contribution in [2.24, 2.45) is 5.41 Å². The normalized spacial score (nSPS) is 23.4. The van der Waals surface area contributed by atoms with E-state index < -0.39 is 5.41 Å². The van der Waals surface area contributed by atoms with E-state index in [1.165, 1.54) is 0 Å². The zero-order valence-corrected chi connectivity index (χ0v) is 10.3. The molecule has 0 aromatic heterocycles. The molecule has 92 valence electrons. The zero-order chi connectivity index (χ0) is 12.5. The number of ketones is 1. The molecule has 0 bridgehead atoms. The smallest absolute Gasteiger partial charge is 0.171 e. The number of aryl methyl sites for hydroxylation is 1. The van der Waals surface area contributed by atoms with E-state index in [4.69, 9.17) is 4.74 Å². The molecule has 1 aliphatic carbocycles. The summed E-state index contributed by atoms with van der Waals surface area (Å²) in [6.07, 6.45) is 2.24. The molecule has 0 amide bonds. The van der Waals surface area contributed by atoms with Crippen molar-refractivity contribution in [2.75, 3.05) is 13.7 Å². The first-order valence-electron chi connectivity index (χ1n) is 5.99. The van der Waals surface area contributed by atoms with E-state index in [-0.39, 0.29) is 12.4 Å². The maximum Gasteiger partial charge on any atom is 0.171 e. The van der Waals surface area contributed by atoms with Crippen LogP contribution in [0.15, 0.2) is 18.2 Å². The van der Waals surface area contributed by atoms with Gasteiger partial charge in [-0.05, 0) is 43.0 Å². The van der Waals surface area contributed by atoms with Crippen LogP contribution in [0.1, 0.15) is 35.7 Å². The highest BCUT2D eigenvalue weighted by atomic mass is 16.5. The SMILES string of the molecule is CCC1(CO)CCc2cc(OC)ccc2C1=O. The van der Waals surface area contributed by atoms with Crippen molar-refractivity contribution in [2.45, 2.75) is 26.2 Å². The molecule has 1 aromatic carbocycles. The summed E-state index contributed by atoms with van der Waals surface area (Å²) in [5, 5.41) is 9.49. The lowest BCUT2D eigenvalue weighted by atomic mass is 9.69. The lowest BCUT2D eigenvalue weighted by Crippen LogP contribution is -2.38. The third kappa shape index (κ3) is 1.84. The number of benzene rings is 1. The van der Waals surface area contributed by atoms with Crippen LogP contribution in [0.4, 0.5) is 0 Å². The van der Waals surface area contributed by atoms with Crippen LogP contribution in [0.25, 0.3) is 0 Å². The van der Waals surface area contributed by atoms with Crippen molar-refractivity contribution >= 4 is 5.78 Å². The van der Waals surface area contributed by atoms with Crippen LogP contribution in [0.3, 0.4) is 0 Å². The zero-order valence-electron chi connectivity index (χ0n) is 10.3. The van der Waals surface area contributed by atoms with Crippen LogP contribution >= 0.6 is 0 Å². The number of hydrogen-bond donors (Lipinski definition) is 1. The summed E-state index contributed by atoms with van der Waals surface area (Å²) in [5.41, 5.74) is 1.21. The molecule has 0 saturated heterocycles. The summed E-state index contributed by atoms with van der Waals surface area (Å²) in [7, 11) is 1.62. The topological polar surface area (TPSA) is 46.5 Å². The molecule has 1 unspecified atom stereocenters. The molecule has 0 saturated carbocycles. The van der Waals surface area contributed by atoms with Gasteiger partial charge in [-0.2, -0.15) is 0 Å². The van der Waals surface area contributed by atoms with E-state index in [0.717, 1.165) is 29.7 Å². The van der Waals surface area contributed by atoms with Gasteiger partial charge in [0, 0.05) is 5.56 Å². The van der Waals surface area contributed by atoms with Gasteiger partial charge in [-0.3, -0.25) is 4.79 Å². The Hall–Kier alpha value is -1.35. The van der Waals surface area contributed by atoms with Crippen LogP contribution in [0.2, 0.25) is 0 Å². The third-order valence-corrected chi connectivity index (χ3v) is 3.89. The Morgan fingerprint density at radius 1 is 1.47 bits per heavy atom. The predicted molar refractivity (Wildman–Crippen MR) is 65.5 cm³/mol. The molecule has 1 atom stereocenters. The van der Waals surface area contributed by atoms with Crippen LogP contribution in [0, 0.1) is 5.41 Å². The van der Waals surface area contributed by atoms with Crippen LogP contribution < -0.4 is 4.74 Å². The fourth-order valence-corrected chi connectivity index (χ4v) is 2.50. The number of fused-ring (bicyclic) bond motifs is 1. The monoisotopic (exact) mass is 234 g/mol. The van der Waals surface area contributed by atoms with Gasteiger partial charge in [0.2, 0.25) is 0 Å². The molecular formula is C14H18O3. The summed E-state index contributed by atoms with van der Waals surface area (Å²) >= 11 is 0. The number of ether oxygens (including phenoxy) is 1. The van der Waals surface area contributed by atoms with Gasteiger partial charge in [0.25, 0.3) is 0 Å². The van der Waals surface area contributed by atoms with Crippen LogP contribution in [-0.2, 0) is 6.42 Å². The second kappa shape index (κ2) is 4.49.